The molecule has 0 fully saturated rings. The summed E-state index contributed by atoms with van der Waals surface area (Å²) in [6.45, 7) is 4.77. The summed E-state index contributed by atoms with van der Waals surface area (Å²) in [7, 11) is 0. The van der Waals surface area contributed by atoms with Crippen molar-refractivity contribution in [1.82, 2.24) is 0 Å². The van der Waals surface area contributed by atoms with Crippen molar-refractivity contribution in [1.29, 1.82) is 0 Å². The molecule has 0 spiro atoms. The third kappa shape index (κ3) is 4.30. The van der Waals surface area contributed by atoms with E-state index < -0.39 is 0 Å². The fraction of sp³-hybridized carbons (Fsp3) is 0.294. The first kappa shape index (κ1) is 15.5. The van der Waals surface area contributed by atoms with Crippen molar-refractivity contribution in [3.05, 3.63) is 47.0 Å². The largest absolute Gasteiger partial charge is 0.493 e. The predicted octanol–water partition coefficient (Wildman–Crippen LogP) is 5.07. The van der Waals surface area contributed by atoms with Gasteiger partial charge in [0, 0.05) is 28.9 Å². The highest BCUT2D eigenvalue weighted by Crippen LogP contribution is 2.30. The summed E-state index contributed by atoms with van der Waals surface area (Å²) in [6, 6.07) is 11.0. The first-order chi connectivity index (χ1) is 10.1. The summed E-state index contributed by atoms with van der Waals surface area (Å²) >= 11 is 6.11. The van der Waals surface area contributed by atoms with E-state index in [1.165, 1.54) is 0 Å². The minimum Gasteiger partial charge on any atom is -0.493 e. The molecule has 2 aromatic rings. The standard InChI is InChI=1S/C17H20ClNO2/c1-3-7-20-15-9-13(19)10-16(11-15)21-14-5-6-17(18)12(4-2)8-14/h5-6,8-11H,3-4,7,19H2,1-2H3. The maximum Gasteiger partial charge on any atom is 0.133 e. The van der Waals surface area contributed by atoms with Gasteiger partial charge in [-0.1, -0.05) is 25.4 Å². The Morgan fingerprint density at radius 1 is 1.00 bits per heavy atom. The van der Waals surface area contributed by atoms with E-state index in [9.17, 15) is 0 Å². The molecule has 0 radical (unpaired) electrons. The van der Waals surface area contributed by atoms with E-state index in [-0.39, 0.29) is 0 Å². The normalized spacial score (nSPS) is 10.4. The van der Waals surface area contributed by atoms with Crippen molar-refractivity contribution >= 4 is 17.3 Å². The van der Waals surface area contributed by atoms with Crippen LogP contribution in [0.4, 0.5) is 5.69 Å². The Kier molecular flexibility index (Phi) is 5.34. The third-order valence-electron chi connectivity index (χ3n) is 3.01. The number of halogens is 1. The van der Waals surface area contributed by atoms with Gasteiger partial charge in [-0.2, -0.15) is 0 Å². The van der Waals surface area contributed by atoms with Gasteiger partial charge in [0.15, 0.2) is 0 Å². The van der Waals surface area contributed by atoms with Gasteiger partial charge >= 0.3 is 0 Å². The number of nitrogen functional groups attached to an aromatic ring is 1. The van der Waals surface area contributed by atoms with E-state index in [1.807, 2.05) is 24.3 Å². The number of anilines is 1. The first-order valence-corrected chi connectivity index (χ1v) is 7.49. The number of nitrogens with two attached hydrogens (primary N) is 1. The monoisotopic (exact) mass is 305 g/mol. The lowest BCUT2D eigenvalue weighted by atomic mass is 10.1. The Balaban J connectivity index is 2.20. The SMILES string of the molecule is CCCOc1cc(N)cc(Oc2ccc(Cl)c(CC)c2)c1. The molecule has 112 valence electrons. The molecule has 2 aromatic carbocycles. The molecule has 0 atom stereocenters. The Bertz CT molecular complexity index is 614. The van der Waals surface area contributed by atoms with Crippen LogP contribution in [-0.2, 0) is 6.42 Å². The van der Waals surface area contributed by atoms with Gasteiger partial charge in [-0.05, 0) is 36.6 Å². The van der Waals surface area contributed by atoms with Crippen LogP contribution in [0, 0.1) is 0 Å². The van der Waals surface area contributed by atoms with Crippen LogP contribution in [0.2, 0.25) is 5.02 Å². The summed E-state index contributed by atoms with van der Waals surface area (Å²) in [4.78, 5) is 0. The van der Waals surface area contributed by atoms with Crippen molar-refractivity contribution in [2.45, 2.75) is 26.7 Å². The Morgan fingerprint density at radius 3 is 2.48 bits per heavy atom. The van der Waals surface area contributed by atoms with Gasteiger partial charge in [0.05, 0.1) is 6.61 Å². The van der Waals surface area contributed by atoms with E-state index in [2.05, 4.69) is 13.8 Å². The molecule has 2 N–H and O–H groups in total. The molecule has 0 aliphatic heterocycles. The zero-order chi connectivity index (χ0) is 15.2. The van der Waals surface area contributed by atoms with E-state index in [0.717, 1.165) is 34.9 Å². The smallest absolute Gasteiger partial charge is 0.133 e. The van der Waals surface area contributed by atoms with Gasteiger partial charge in [-0.3, -0.25) is 0 Å². The third-order valence-corrected chi connectivity index (χ3v) is 3.38. The molecule has 0 bridgehead atoms. The number of aryl methyl sites for hydroxylation is 1. The van der Waals surface area contributed by atoms with Crippen molar-refractivity contribution < 1.29 is 9.47 Å². The van der Waals surface area contributed by atoms with E-state index in [0.29, 0.717) is 18.0 Å². The van der Waals surface area contributed by atoms with Crippen LogP contribution < -0.4 is 15.2 Å². The average Bonchev–Trinajstić information content (AvgIpc) is 2.46. The zero-order valence-corrected chi connectivity index (χ0v) is 13.1. The molecule has 21 heavy (non-hydrogen) atoms. The number of rotatable bonds is 6. The number of hydrogen-bond donors (Lipinski definition) is 1. The molecule has 0 aliphatic rings. The average molecular weight is 306 g/mol. The van der Waals surface area contributed by atoms with Crippen LogP contribution in [0.5, 0.6) is 17.2 Å². The lowest BCUT2D eigenvalue weighted by Gasteiger charge is -2.11. The van der Waals surface area contributed by atoms with E-state index >= 15 is 0 Å². The number of hydrogen-bond acceptors (Lipinski definition) is 3. The summed E-state index contributed by atoms with van der Waals surface area (Å²) in [5, 5.41) is 0.754. The highest BCUT2D eigenvalue weighted by molar-refractivity contribution is 6.31. The molecular weight excluding hydrogens is 286 g/mol. The van der Waals surface area contributed by atoms with Crippen LogP contribution >= 0.6 is 11.6 Å². The predicted molar refractivity (Wildman–Crippen MR) is 87.5 cm³/mol. The Labute approximate surface area is 130 Å². The summed E-state index contributed by atoms with van der Waals surface area (Å²) in [5.41, 5.74) is 7.55. The molecule has 4 heteroatoms. The maximum absolute atomic E-state index is 6.11. The van der Waals surface area contributed by atoms with Crippen molar-refractivity contribution in [3.8, 4) is 17.2 Å². The molecule has 0 aliphatic carbocycles. The first-order valence-electron chi connectivity index (χ1n) is 7.12. The van der Waals surface area contributed by atoms with Gasteiger partial charge in [0.25, 0.3) is 0 Å². The van der Waals surface area contributed by atoms with Crippen LogP contribution in [0.15, 0.2) is 36.4 Å². The highest BCUT2D eigenvalue weighted by Gasteiger charge is 2.05. The molecule has 0 saturated carbocycles. The van der Waals surface area contributed by atoms with Crippen LogP contribution in [0.1, 0.15) is 25.8 Å². The fourth-order valence-electron chi connectivity index (χ4n) is 1.98. The Hall–Kier alpha value is -1.87. The second-order valence-corrected chi connectivity index (χ2v) is 5.20. The van der Waals surface area contributed by atoms with Crippen molar-refractivity contribution in [3.63, 3.8) is 0 Å². The van der Waals surface area contributed by atoms with Gasteiger partial charge in [0.2, 0.25) is 0 Å². The maximum atomic E-state index is 6.11. The molecule has 0 heterocycles. The second kappa shape index (κ2) is 7.23. The summed E-state index contributed by atoms with van der Waals surface area (Å²) in [6.07, 6.45) is 1.81. The zero-order valence-electron chi connectivity index (χ0n) is 12.4. The second-order valence-electron chi connectivity index (χ2n) is 4.80. The van der Waals surface area contributed by atoms with Crippen molar-refractivity contribution in [2.75, 3.05) is 12.3 Å². The molecule has 0 saturated heterocycles. The van der Waals surface area contributed by atoms with E-state index in [4.69, 9.17) is 26.8 Å². The molecule has 0 aromatic heterocycles. The van der Waals surface area contributed by atoms with Gasteiger partial charge < -0.3 is 15.2 Å². The lowest BCUT2D eigenvalue weighted by Crippen LogP contribution is -1.97. The Morgan fingerprint density at radius 2 is 1.76 bits per heavy atom. The minimum absolute atomic E-state index is 0.614. The molecule has 0 amide bonds. The van der Waals surface area contributed by atoms with Gasteiger partial charge in [-0.15, -0.1) is 0 Å². The van der Waals surface area contributed by atoms with Crippen LogP contribution in [0.25, 0.3) is 0 Å². The van der Waals surface area contributed by atoms with Crippen LogP contribution in [0.3, 0.4) is 0 Å². The fourth-order valence-corrected chi connectivity index (χ4v) is 2.23. The van der Waals surface area contributed by atoms with Gasteiger partial charge in [0.1, 0.15) is 17.2 Å². The summed E-state index contributed by atoms with van der Waals surface area (Å²) < 4.78 is 11.5. The topological polar surface area (TPSA) is 44.5 Å². The summed E-state index contributed by atoms with van der Waals surface area (Å²) in [5.74, 6) is 2.12. The quantitative estimate of drug-likeness (QED) is 0.758. The van der Waals surface area contributed by atoms with Crippen LogP contribution in [-0.4, -0.2) is 6.61 Å². The number of ether oxygens (including phenoxy) is 2. The highest BCUT2D eigenvalue weighted by atomic mass is 35.5. The van der Waals surface area contributed by atoms with Gasteiger partial charge in [-0.25, -0.2) is 0 Å². The minimum atomic E-state index is 0.614. The van der Waals surface area contributed by atoms with E-state index in [1.54, 1.807) is 12.1 Å². The van der Waals surface area contributed by atoms with Crippen molar-refractivity contribution in [2.24, 2.45) is 0 Å². The molecular formula is C17H20ClNO2. The number of benzene rings is 2. The lowest BCUT2D eigenvalue weighted by molar-refractivity contribution is 0.316. The molecule has 2 rings (SSSR count). The molecule has 3 nitrogen and oxygen atoms in total. The molecule has 0 unspecified atom stereocenters.